The Morgan fingerprint density at radius 2 is 2.13 bits per heavy atom. The third kappa shape index (κ3) is 3.27. The lowest BCUT2D eigenvalue weighted by atomic mass is 10.1. The van der Waals surface area contributed by atoms with E-state index in [2.05, 4.69) is 0 Å². The van der Waals surface area contributed by atoms with Gasteiger partial charge >= 0.3 is 0 Å². The molecule has 1 rings (SSSR count). The Labute approximate surface area is 95.1 Å². The van der Waals surface area contributed by atoms with Crippen molar-refractivity contribution in [1.82, 2.24) is 0 Å². The van der Waals surface area contributed by atoms with Gasteiger partial charge in [0.2, 0.25) is 0 Å². The van der Waals surface area contributed by atoms with Gasteiger partial charge in [0.25, 0.3) is 0 Å². The van der Waals surface area contributed by atoms with Gasteiger partial charge in [-0.3, -0.25) is 0 Å². The standard InChI is InChI=1S/C10H15NO3.ClH/c1-2-14-9-5-3-4-7(10(9)13)8(11)6-12;/h3-5,8,12-13H,2,6,11H2,1H3;1H/t8-;/m0./s1. The highest BCUT2D eigenvalue weighted by molar-refractivity contribution is 5.85. The number of phenolic OH excluding ortho intramolecular Hbond substituents is 1. The van der Waals surface area contributed by atoms with Crippen LogP contribution >= 0.6 is 12.4 Å². The molecule has 1 aromatic rings. The largest absolute Gasteiger partial charge is 0.504 e. The van der Waals surface area contributed by atoms with E-state index in [1.54, 1.807) is 18.2 Å². The third-order valence-corrected chi connectivity index (χ3v) is 1.93. The molecule has 0 saturated heterocycles. The van der Waals surface area contributed by atoms with Gasteiger partial charge in [-0.15, -0.1) is 12.4 Å². The maximum atomic E-state index is 9.71. The number of phenols is 1. The maximum Gasteiger partial charge on any atom is 0.162 e. The van der Waals surface area contributed by atoms with Crippen molar-refractivity contribution in [3.05, 3.63) is 23.8 Å². The van der Waals surface area contributed by atoms with Crippen molar-refractivity contribution < 1.29 is 14.9 Å². The minimum atomic E-state index is -0.574. The summed E-state index contributed by atoms with van der Waals surface area (Å²) in [4.78, 5) is 0. The van der Waals surface area contributed by atoms with Gasteiger partial charge in [-0.05, 0) is 13.0 Å². The van der Waals surface area contributed by atoms with Crippen molar-refractivity contribution in [2.45, 2.75) is 13.0 Å². The number of ether oxygens (including phenoxy) is 1. The van der Waals surface area contributed by atoms with E-state index < -0.39 is 6.04 Å². The summed E-state index contributed by atoms with van der Waals surface area (Å²) in [6, 6.07) is 4.48. The van der Waals surface area contributed by atoms with Gasteiger partial charge in [0.05, 0.1) is 19.3 Å². The summed E-state index contributed by atoms with van der Waals surface area (Å²) in [5.74, 6) is 0.407. The van der Waals surface area contributed by atoms with Crippen LogP contribution < -0.4 is 10.5 Å². The van der Waals surface area contributed by atoms with Crippen LogP contribution in [0.2, 0.25) is 0 Å². The molecule has 0 unspecified atom stereocenters. The van der Waals surface area contributed by atoms with Crippen LogP contribution in [-0.4, -0.2) is 23.4 Å². The third-order valence-electron chi connectivity index (χ3n) is 1.93. The lowest BCUT2D eigenvalue weighted by Crippen LogP contribution is -2.14. The first-order chi connectivity index (χ1) is 6.70. The molecule has 0 saturated carbocycles. The van der Waals surface area contributed by atoms with E-state index in [0.29, 0.717) is 17.9 Å². The van der Waals surface area contributed by atoms with Gasteiger partial charge in [-0.2, -0.15) is 0 Å². The fourth-order valence-corrected chi connectivity index (χ4v) is 1.21. The Bertz CT molecular complexity index is 307. The number of aromatic hydroxyl groups is 1. The van der Waals surface area contributed by atoms with Crippen molar-refractivity contribution in [2.24, 2.45) is 5.73 Å². The number of benzene rings is 1. The second kappa shape index (κ2) is 6.50. The molecule has 1 atom stereocenters. The zero-order chi connectivity index (χ0) is 10.6. The van der Waals surface area contributed by atoms with E-state index >= 15 is 0 Å². The highest BCUT2D eigenvalue weighted by Crippen LogP contribution is 2.32. The van der Waals surface area contributed by atoms with Crippen LogP contribution in [0.1, 0.15) is 18.5 Å². The molecule has 0 radical (unpaired) electrons. The van der Waals surface area contributed by atoms with Crippen LogP contribution in [0.4, 0.5) is 0 Å². The van der Waals surface area contributed by atoms with Crippen LogP contribution in [0.3, 0.4) is 0 Å². The summed E-state index contributed by atoms with van der Waals surface area (Å²) in [5.41, 5.74) is 6.09. The summed E-state index contributed by atoms with van der Waals surface area (Å²) in [6.07, 6.45) is 0. The molecule has 86 valence electrons. The number of para-hydroxylation sites is 1. The first-order valence-electron chi connectivity index (χ1n) is 4.51. The molecule has 0 fully saturated rings. The molecule has 0 heterocycles. The molecular weight excluding hydrogens is 218 g/mol. The quantitative estimate of drug-likeness (QED) is 0.731. The Kier molecular flexibility index (Phi) is 6.08. The van der Waals surface area contributed by atoms with Gasteiger partial charge in [0, 0.05) is 5.56 Å². The fraction of sp³-hybridized carbons (Fsp3) is 0.400. The Morgan fingerprint density at radius 1 is 1.47 bits per heavy atom. The van der Waals surface area contributed by atoms with Gasteiger partial charge < -0.3 is 20.7 Å². The highest BCUT2D eigenvalue weighted by atomic mass is 35.5. The summed E-state index contributed by atoms with van der Waals surface area (Å²) in [6.45, 7) is 2.10. The van der Waals surface area contributed by atoms with Crippen LogP contribution in [0, 0.1) is 0 Å². The fourth-order valence-electron chi connectivity index (χ4n) is 1.21. The first kappa shape index (κ1) is 14.0. The number of hydrogen-bond acceptors (Lipinski definition) is 4. The van der Waals surface area contributed by atoms with Crippen LogP contribution in [-0.2, 0) is 0 Å². The topological polar surface area (TPSA) is 75.7 Å². The Morgan fingerprint density at radius 3 is 2.67 bits per heavy atom. The van der Waals surface area contributed by atoms with Crippen LogP contribution in [0.5, 0.6) is 11.5 Å². The van der Waals surface area contributed by atoms with Gasteiger partial charge in [-0.25, -0.2) is 0 Å². The van der Waals surface area contributed by atoms with Crippen molar-refractivity contribution in [1.29, 1.82) is 0 Å². The number of nitrogens with two attached hydrogens (primary N) is 1. The molecule has 0 aliphatic carbocycles. The first-order valence-corrected chi connectivity index (χ1v) is 4.51. The number of aliphatic hydroxyl groups is 1. The number of halogens is 1. The molecule has 0 aliphatic rings. The predicted octanol–water partition coefficient (Wildman–Crippen LogP) is 1.20. The maximum absolute atomic E-state index is 9.71. The number of aliphatic hydroxyl groups excluding tert-OH is 1. The monoisotopic (exact) mass is 233 g/mol. The zero-order valence-corrected chi connectivity index (χ0v) is 9.33. The van der Waals surface area contributed by atoms with Crippen LogP contribution in [0.25, 0.3) is 0 Å². The summed E-state index contributed by atoms with van der Waals surface area (Å²) in [7, 11) is 0. The molecule has 0 spiro atoms. The second-order valence-electron chi connectivity index (χ2n) is 2.92. The van der Waals surface area contributed by atoms with Crippen molar-refractivity contribution in [3.8, 4) is 11.5 Å². The second-order valence-corrected chi connectivity index (χ2v) is 2.92. The zero-order valence-electron chi connectivity index (χ0n) is 8.51. The van der Waals surface area contributed by atoms with Gasteiger partial charge in [0.15, 0.2) is 11.5 Å². The lowest BCUT2D eigenvalue weighted by Gasteiger charge is -2.13. The van der Waals surface area contributed by atoms with Crippen molar-refractivity contribution >= 4 is 12.4 Å². The molecule has 4 nitrogen and oxygen atoms in total. The Balaban J connectivity index is 0.00000196. The van der Waals surface area contributed by atoms with Crippen molar-refractivity contribution in [2.75, 3.05) is 13.2 Å². The van der Waals surface area contributed by atoms with E-state index in [1.807, 2.05) is 6.92 Å². The molecule has 15 heavy (non-hydrogen) atoms. The molecule has 0 bridgehead atoms. The van der Waals surface area contributed by atoms with E-state index in [0.717, 1.165) is 0 Å². The minimum absolute atomic E-state index is 0. The highest BCUT2D eigenvalue weighted by Gasteiger charge is 2.13. The molecule has 1 aromatic carbocycles. The van der Waals surface area contributed by atoms with Gasteiger partial charge in [0.1, 0.15) is 0 Å². The van der Waals surface area contributed by atoms with E-state index in [9.17, 15) is 5.11 Å². The number of hydrogen-bond donors (Lipinski definition) is 3. The average Bonchev–Trinajstić information content (AvgIpc) is 2.20. The normalized spacial score (nSPS) is 11.7. The SMILES string of the molecule is CCOc1cccc([C@@H](N)CO)c1O.Cl. The van der Waals surface area contributed by atoms with E-state index in [4.69, 9.17) is 15.6 Å². The summed E-state index contributed by atoms with van der Waals surface area (Å²) >= 11 is 0. The van der Waals surface area contributed by atoms with Crippen molar-refractivity contribution in [3.63, 3.8) is 0 Å². The summed E-state index contributed by atoms with van der Waals surface area (Å²) in [5, 5.41) is 18.6. The summed E-state index contributed by atoms with van der Waals surface area (Å²) < 4.78 is 5.18. The smallest absolute Gasteiger partial charge is 0.162 e. The van der Waals surface area contributed by atoms with E-state index in [1.165, 1.54) is 0 Å². The average molecular weight is 234 g/mol. The molecule has 5 heteroatoms. The molecule has 0 aliphatic heterocycles. The molecule has 0 aromatic heterocycles. The lowest BCUT2D eigenvalue weighted by molar-refractivity contribution is 0.262. The number of rotatable bonds is 4. The molecule has 4 N–H and O–H groups in total. The molecular formula is C10H16ClNO3. The Hall–Kier alpha value is -0.970. The minimum Gasteiger partial charge on any atom is -0.504 e. The van der Waals surface area contributed by atoms with Crippen LogP contribution in [0.15, 0.2) is 18.2 Å². The predicted molar refractivity (Wildman–Crippen MR) is 60.5 cm³/mol. The molecule has 0 amide bonds. The van der Waals surface area contributed by atoms with E-state index in [-0.39, 0.29) is 24.8 Å². The van der Waals surface area contributed by atoms with Gasteiger partial charge in [-0.1, -0.05) is 12.1 Å².